The highest BCUT2D eigenvalue weighted by Gasteiger charge is 2.58. The van der Waals surface area contributed by atoms with Crippen molar-refractivity contribution >= 4 is 67.1 Å². The number of oxime groups is 1. The lowest BCUT2D eigenvalue weighted by Crippen LogP contribution is -2.76. The van der Waals surface area contributed by atoms with Crippen LogP contribution in [0.1, 0.15) is 44.3 Å². The quantitative estimate of drug-likeness (QED) is 0.0427. The van der Waals surface area contributed by atoms with Crippen LogP contribution in [0.3, 0.4) is 0 Å². The number of aliphatic carboxylic acids is 1. The van der Waals surface area contributed by atoms with E-state index >= 15 is 0 Å². The lowest BCUT2D eigenvalue weighted by Gasteiger charge is -2.50. The summed E-state index contributed by atoms with van der Waals surface area (Å²) in [6, 6.07) is 8.37. The number of carbonyl (C=O) groups excluding carboxylic acids is 2. The van der Waals surface area contributed by atoms with E-state index < -0.39 is 52.0 Å². The number of rotatable bonds is 13. The smallest absolute Gasteiger partial charge is 0.489 e. The SMILES string of the molecule is CC1(C)[C@H](NC(=O)/C(=N\O[C@H](COc2ccc3nc(NC4CCNCC4)ccc3c2)c2nn[nH]n2)c2csc(N)n2)C(=O)N1OS(=O)(=O)O.O=C(O)C(F)(F)F. The van der Waals surface area contributed by atoms with Crippen LogP contribution in [-0.4, -0.2) is 121 Å². The fourth-order valence-corrected chi connectivity index (χ4v) is 6.22. The number of tetrazole rings is 1. The number of aromatic amines is 1. The van der Waals surface area contributed by atoms with Crippen LogP contribution in [0.5, 0.6) is 5.75 Å². The summed E-state index contributed by atoms with van der Waals surface area (Å²) in [6.45, 7) is 4.60. The molecule has 0 unspecified atom stereocenters. The van der Waals surface area contributed by atoms with Crippen molar-refractivity contribution in [1.82, 2.24) is 46.3 Å². The van der Waals surface area contributed by atoms with Gasteiger partial charge in [-0.05, 0) is 70.1 Å². The van der Waals surface area contributed by atoms with Crippen LogP contribution in [0.15, 0.2) is 40.9 Å². The number of nitrogen functional groups attached to an aromatic ring is 1. The molecule has 2 atom stereocenters. The summed E-state index contributed by atoms with van der Waals surface area (Å²) in [7, 11) is -4.99. The summed E-state index contributed by atoms with van der Waals surface area (Å²) in [6.07, 6.45) is -4.12. The number of benzene rings is 1. The fourth-order valence-electron chi connectivity index (χ4n) is 5.22. The van der Waals surface area contributed by atoms with Crippen molar-refractivity contribution in [2.45, 2.75) is 56.6 Å². The molecule has 3 aromatic heterocycles. The Kier molecular flexibility index (Phi) is 12.5. The average molecular weight is 831 g/mol. The first-order chi connectivity index (χ1) is 26.3. The number of carboxylic acids is 1. The molecule has 56 heavy (non-hydrogen) atoms. The number of halogens is 3. The zero-order valence-electron chi connectivity index (χ0n) is 29.1. The number of aromatic nitrogens is 6. The van der Waals surface area contributed by atoms with Gasteiger partial charge in [0.05, 0.1) is 11.1 Å². The van der Waals surface area contributed by atoms with Crippen LogP contribution in [-0.2, 0) is 33.9 Å². The van der Waals surface area contributed by atoms with Gasteiger partial charge >= 0.3 is 22.5 Å². The molecule has 2 aliphatic heterocycles. The Bertz CT molecular complexity index is 2180. The summed E-state index contributed by atoms with van der Waals surface area (Å²) in [4.78, 5) is 49.5. The van der Waals surface area contributed by atoms with Crippen LogP contribution in [0, 0.1) is 0 Å². The number of carbonyl (C=O) groups is 3. The minimum Gasteiger partial charge on any atom is -0.489 e. The molecule has 0 saturated carbocycles. The van der Waals surface area contributed by atoms with Crippen molar-refractivity contribution in [3.63, 3.8) is 0 Å². The van der Waals surface area contributed by atoms with E-state index in [4.69, 9.17) is 34.7 Å². The molecule has 302 valence electrons. The molecule has 1 aromatic carbocycles. The number of ether oxygens (including phenoxy) is 1. The second-order valence-corrected chi connectivity index (χ2v) is 14.3. The van der Waals surface area contributed by atoms with E-state index in [1.165, 1.54) is 19.2 Å². The normalized spacial score (nSPS) is 18.0. The summed E-state index contributed by atoms with van der Waals surface area (Å²) in [5.74, 6) is -3.26. The predicted octanol–water partition coefficient (Wildman–Crippen LogP) is 0.965. The topological polar surface area (TPSA) is 311 Å². The van der Waals surface area contributed by atoms with Crippen LogP contribution in [0.25, 0.3) is 10.9 Å². The minimum atomic E-state index is -5.08. The number of H-pyrrole nitrogens is 1. The third kappa shape index (κ3) is 10.5. The van der Waals surface area contributed by atoms with Gasteiger partial charge < -0.3 is 36.4 Å². The molecule has 2 aliphatic rings. The van der Waals surface area contributed by atoms with E-state index in [0.717, 1.165) is 54.0 Å². The van der Waals surface area contributed by atoms with Crippen LogP contribution in [0.2, 0.25) is 0 Å². The van der Waals surface area contributed by atoms with E-state index in [2.05, 4.69) is 51.0 Å². The first-order valence-electron chi connectivity index (χ1n) is 16.1. The number of nitrogens with zero attached hydrogens (tertiary/aromatic N) is 7. The van der Waals surface area contributed by atoms with Gasteiger partial charge in [-0.25, -0.2) is 14.8 Å². The highest BCUT2D eigenvalue weighted by molar-refractivity contribution is 7.80. The lowest BCUT2D eigenvalue weighted by atomic mass is 9.84. The summed E-state index contributed by atoms with van der Waals surface area (Å²) >= 11 is 1.03. The van der Waals surface area contributed by atoms with E-state index in [-0.39, 0.29) is 29.0 Å². The number of thiazole rings is 1. The van der Waals surface area contributed by atoms with Gasteiger partial charge in [-0.15, -0.1) is 25.8 Å². The molecule has 0 bridgehead atoms. The van der Waals surface area contributed by atoms with Gasteiger partial charge in [0.2, 0.25) is 11.9 Å². The van der Waals surface area contributed by atoms with Crippen LogP contribution >= 0.6 is 11.3 Å². The summed E-state index contributed by atoms with van der Waals surface area (Å²) in [5, 5.41) is 37.1. The number of nitrogens with two attached hydrogens (primary N) is 1. The molecule has 2 saturated heterocycles. The molecule has 0 aliphatic carbocycles. The second kappa shape index (κ2) is 16.9. The first kappa shape index (κ1) is 41.4. The molecule has 4 aromatic rings. The van der Waals surface area contributed by atoms with Crippen molar-refractivity contribution in [3.8, 4) is 5.75 Å². The zero-order valence-corrected chi connectivity index (χ0v) is 30.7. The Morgan fingerprint density at radius 3 is 2.50 bits per heavy atom. The highest BCUT2D eigenvalue weighted by Crippen LogP contribution is 2.33. The number of anilines is 2. The van der Waals surface area contributed by atoms with Crippen LogP contribution < -0.4 is 26.4 Å². The van der Waals surface area contributed by atoms with Gasteiger partial charge in [-0.2, -0.15) is 31.9 Å². The Hall–Kier alpha value is -5.77. The third-order valence-corrected chi connectivity index (χ3v) is 9.03. The molecule has 2 fully saturated rings. The largest absolute Gasteiger partial charge is 0.490 e. The molecule has 27 heteroatoms. The Morgan fingerprint density at radius 2 is 1.91 bits per heavy atom. The van der Waals surface area contributed by atoms with Crippen molar-refractivity contribution in [1.29, 1.82) is 0 Å². The monoisotopic (exact) mass is 830 g/mol. The Morgan fingerprint density at radius 1 is 1.20 bits per heavy atom. The first-order valence-corrected chi connectivity index (χ1v) is 18.4. The van der Waals surface area contributed by atoms with E-state index in [1.807, 2.05) is 24.3 Å². The number of fused-ring (bicyclic) bond motifs is 1. The molecule has 8 N–H and O–H groups in total. The molecule has 2 amide bonds. The molecule has 6 rings (SSSR count). The number of β-lactam (4-membered cyclic amide) rings is 1. The molecule has 22 nitrogen and oxygen atoms in total. The number of piperidine rings is 1. The summed E-state index contributed by atoms with van der Waals surface area (Å²) in [5.41, 5.74) is 4.85. The Balaban J connectivity index is 0.000000784. The number of amides is 2. The number of alkyl halides is 3. The molecule has 0 spiro atoms. The van der Waals surface area contributed by atoms with Gasteiger partial charge in [0.25, 0.3) is 11.8 Å². The van der Waals surface area contributed by atoms with Gasteiger partial charge in [-0.1, -0.05) is 10.4 Å². The minimum absolute atomic E-state index is 0.0273. The van der Waals surface area contributed by atoms with Crippen molar-refractivity contribution in [2.75, 3.05) is 30.7 Å². The maximum Gasteiger partial charge on any atom is 0.490 e. The van der Waals surface area contributed by atoms with Crippen LogP contribution in [0.4, 0.5) is 24.1 Å². The second-order valence-electron chi connectivity index (χ2n) is 12.4. The lowest BCUT2D eigenvalue weighted by molar-refractivity contribution is -0.218. The standard InChI is InChI=1S/C27H32N12O8S2.C2HF3O2/c1-27(2)22(25(41)39(27)47-49(42,43)44)33-24(40)21(18-13-48-26(28)32-18)36-46-19(23-34-37-38-35-23)12-45-16-4-5-17-14(11-16)3-6-20(31-17)30-15-7-9-29-10-8-15;3-2(4,5)1(6)7/h3-6,11,13,15,19,22,29H,7-10,12H2,1-2H3,(H2,28,32)(H,30,31)(H,33,40)(H,42,43,44)(H,34,35,37,38);(H,6,7)/b36-21-;/t19-,22-;/m1./s1. The maximum absolute atomic E-state index is 13.4. The number of pyridine rings is 1. The van der Waals surface area contributed by atoms with Gasteiger partial charge in [0.1, 0.15) is 29.9 Å². The number of hydrogen-bond donors (Lipinski definition) is 7. The molecular weight excluding hydrogens is 798 g/mol. The summed E-state index contributed by atoms with van der Waals surface area (Å²) < 4.78 is 73.4. The number of hydroxylamine groups is 2. The molecular formula is C29H33F3N12O10S2. The van der Waals surface area contributed by atoms with Crippen molar-refractivity contribution in [2.24, 2.45) is 5.16 Å². The maximum atomic E-state index is 13.4. The van der Waals surface area contributed by atoms with Gasteiger partial charge in [0.15, 0.2) is 10.8 Å². The van der Waals surface area contributed by atoms with Gasteiger partial charge in [-0.3, -0.25) is 14.1 Å². The molecule has 5 heterocycles. The Labute approximate surface area is 317 Å². The van der Waals surface area contributed by atoms with E-state index in [1.54, 1.807) is 6.07 Å². The zero-order chi connectivity index (χ0) is 40.8. The number of carboxylic acid groups (broad SMARTS) is 1. The van der Waals surface area contributed by atoms with Crippen molar-refractivity contribution < 1.29 is 59.5 Å². The van der Waals surface area contributed by atoms with Crippen molar-refractivity contribution in [3.05, 3.63) is 47.2 Å². The number of hydrogen-bond acceptors (Lipinski definition) is 18. The molecule has 0 radical (unpaired) electrons. The predicted molar refractivity (Wildman–Crippen MR) is 187 cm³/mol. The van der Waals surface area contributed by atoms with E-state index in [9.17, 15) is 31.2 Å². The third-order valence-electron chi connectivity index (χ3n) is 8.02. The van der Waals surface area contributed by atoms with Gasteiger partial charge in [0, 0.05) is 16.8 Å². The fraction of sp³-hybridized carbons (Fsp3) is 0.414. The number of nitrogens with one attached hydrogen (secondary N) is 4. The van der Waals surface area contributed by atoms with E-state index in [0.29, 0.717) is 16.9 Å². The highest BCUT2D eigenvalue weighted by atomic mass is 32.3. The average Bonchev–Trinajstić information content (AvgIpc) is 3.83.